The maximum Gasteiger partial charge on any atom is 0.310 e. The molecule has 0 N–H and O–H groups in total. The van der Waals surface area contributed by atoms with Gasteiger partial charge in [0.25, 0.3) is 0 Å². The van der Waals surface area contributed by atoms with E-state index in [1.165, 1.54) is 6.07 Å². The smallest absolute Gasteiger partial charge is 0.310 e. The molecule has 0 saturated carbocycles. The van der Waals surface area contributed by atoms with Crippen LogP contribution in [0, 0.1) is 10.1 Å². The van der Waals surface area contributed by atoms with E-state index in [1.54, 1.807) is 18.3 Å². The SMILES string of the molecule is CN(C)CCOc1cc(-c2cnn(C(C)(C)C)c2)ccc1[N+](=O)[O-]. The Morgan fingerprint density at radius 1 is 1.29 bits per heavy atom. The van der Waals surface area contributed by atoms with Crippen LogP contribution in [-0.2, 0) is 5.54 Å². The predicted molar refractivity (Wildman–Crippen MR) is 93.4 cm³/mol. The highest BCUT2D eigenvalue weighted by Crippen LogP contribution is 2.32. The summed E-state index contributed by atoms with van der Waals surface area (Å²) < 4.78 is 7.51. The molecular formula is C17H24N4O3. The Balaban J connectivity index is 2.31. The van der Waals surface area contributed by atoms with E-state index in [0.717, 1.165) is 11.1 Å². The molecule has 24 heavy (non-hydrogen) atoms. The van der Waals surface area contributed by atoms with Crippen LogP contribution in [0.3, 0.4) is 0 Å². The second-order valence-electron chi connectivity index (χ2n) is 6.94. The summed E-state index contributed by atoms with van der Waals surface area (Å²) in [5.74, 6) is 0.280. The van der Waals surface area contributed by atoms with E-state index >= 15 is 0 Å². The number of rotatable bonds is 6. The molecule has 1 aromatic carbocycles. The van der Waals surface area contributed by atoms with Crippen LogP contribution in [0.5, 0.6) is 5.75 Å². The van der Waals surface area contributed by atoms with Crippen molar-refractivity contribution < 1.29 is 9.66 Å². The second kappa shape index (κ2) is 7.00. The van der Waals surface area contributed by atoms with Crippen molar-refractivity contribution >= 4 is 5.69 Å². The van der Waals surface area contributed by atoms with E-state index in [0.29, 0.717) is 13.2 Å². The minimum Gasteiger partial charge on any atom is -0.485 e. The van der Waals surface area contributed by atoms with Gasteiger partial charge in [0, 0.05) is 24.4 Å². The zero-order valence-corrected chi connectivity index (χ0v) is 14.8. The van der Waals surface area contributed by atoms with Crippen molar-refractivity contribution in [2.24, 2.45) is 0 Å². The molecule has 0 saturated heterocycles. The summed E-state index contributed by atoms with van der Waals surface area (Å²) in [5.41, 5.74) is 1.60. The van der Waals surface area contributed by atoms with E-state index in [-0.39, 0.29) is 17.0 Å². The van der Waals surface area contributed by atoms with Crippen LogP contribution in [0.4, 0.5) is 5.69 Å². The number of nitro groups is 1. The maximum absolute atomic E-state index is 11.2. The van der Waals surface area contributed by atoms with Gasteiger partial charge in [-0.15, -0.1) is 0 Å². The zero-order valence-electron chi connectivity index (χ0n) is 14.8. The number of hydrogen-bond acceptors (Lipinski definition) is 5. The van der Waals surface area contributed by atoms with Gasteiger partial charge in [0.1, 0.15) is 6.61 Å². The normalized spacial score (nSPS) is 11.8. The van der Waals surface area contributed by atoms with Crippen molar-refractivity contribution in [1.82, 2.24) is 14.7 Å². The quantitative estimate of drug-likeness (QED) is 0.600. The Morgan fingerprint density at radius 2 is 2.00 bits per heavy atom. The predicted octanol–water partition coefficient (Wildman–Crippen LogP) is 3.15. The molecule has 0 atom stereocenters. The lowest BCUT2D eigenvalue weighted by atomic mass is 10.1. The van der Waals surface area contributed by atoms with Gasteiger partial charge >= 0.3 is 5.69 Å². The Morgan fingerprint density at radius 3 is 2.54 bits per heavy atom. The van der Waals surface area contributed by atoms with Gasteiger partial charge in [-0.05, 0) is 52.6 Å². The van der Waals surface area contributed by atoms with Crippen molar-refractivity contribution in [2.45, 2.75) is 26.3 Å². The van der Waals surface area contributed by atoms with Gasteiger partial charge in [0.2, 0.25) is 0 Å². The highest BCUT2D eigenvalue weighted by atomic mass is 16.6. The summed E-state index contributed by atoms with van der Waals surface area (Å²) in [6.07, 6.45) is 3.70. The summed E-state index contributed by atoms with van der Waals surface area (Å²) in [7, 11) is 3.85. The molecule has 1 aromatic heterocycles. The van der Waals surface area contributed by atoms with Gasteiger partial charge in [0.15, 0.2) is 5.75 Å². The van der Waals surface area contributed by atoms with Gasteiger partial charge in [-0.25, -0.2) is 0 Å². The Bertz CT molecular complexity index is 717. The summed E-state index contributed by atoms with van der Waals surface area (Å²) >= 11 is 0. The van der Waals surface area contributed by atoms with Crippen LogP contribution in [0.1, 0.15) is 20.8 Å². The monoisotopic (exact) mass is 332 g/mol. The average Bonchev–Trinajstić information content (AvgIpc) is 2.96. The second-order valence-corrected chi connectivity index (χ2v) is 6.94. The van der Waals surface area contributed by atoms with E-state index in [1.807, 2.05) is 29.9 Å². The van der Waals surface area contributed by atoms with Crippen molar-refractivity contribution in [3.8, 4) is 16.9 Å². The molecule has 0 fully saturated rings. The topological polar surface area (TPSA) is 73.4 Å². The summed E-state index contributed by atoms with van der Waals surface area (Å²) in [4.78, 5) is 12.7. The highest BCUT2D eigenvalue weighted by molar-refractivity contribution is 5.67. The summed E-state index contributed by atoms with van der Waals surface area (Å²) in [5, 5.41) is 15.6. The molecule has 0 bridgehead atoms. The Hall–Kier alpha value is -2.41. The van der Waals surface area contributed by atoms with Crippen LogP contribution in [0.15, 0.2) is 30.6 Å². The lowest BCUT2D eigenvalue weighted by molar-refractivity contribution is -0.385. The molecule has 0 radical (unpaired) electrons. The number of nitrogens with zero attached hydrogens (tertiary/aromatic N) is 4. The van der Waals surface area contributed by atoms with Crippen molar-refractivity contribution in [3.63, 3.8) is 0 Å². The molecule has 0 unspecified atom stereocenters. The molecule has 2 rings (SSSR count). The molecule has 0 aliphatic heterocycles. The molecule has 0 spiro atoms. The van der Waals surface area contributed by atoms with E-state index in [9.17, 15) is 10.1 Å². The van der Waals surface area contributed by atoms with Gasteiger partial charge in [0.05, 0.1) is 16.7 Å². The summed E-state index contributed by atoms with van der Waals surface area (Å²) in [6, 6.07) is 4.91. The first kappa shape index (κ1) is 17.9. The summed E-state index contributed by atoms with van der Waals surface area (Å²) in [6.45, 7) is 7.27. The molecule has 0 amide bonds. The minimum absolute atomic E-state index is 0.0271. The van der Waals surface area contributed by atoms with E-state index in [2.05, 4.69) is 25.9 Å². The fourth-order valence-electron chi connectivity index (χ4n) is 2.14. The fraction of sp³-hybridized carbons (Fsp3) is 0.471. The number of hydrogen-bond donors (Lipinski definition) is 0. The fourth-order valence-corrected chi connectivity index (χ4v) is 2.14. The lowest BCUT2D eigenvalue weighted by Crippen LogP contribution is -2.21. The number of ether oxygens (including phenoxy) is 1. The maximum atomic E-state index is 11.2. The molecule has 7 nitrogen and oxygen atoms in total. The van der Waals surface area contributed by atoms with Gasteiger partial charge in [-0.3, -0.25) is 14.8 Å². The standard InChI is InChI=1S/C17H24N4O3/c1-17(2,3)20-12-14(11-18-20)13-6-7-15(21(22)23)16(10-13)24-9-8-19(4)5/h6-7,10-12H,8-9H2,1-5H3. The first-order valence-corrected chi connectivity index (χ1v) is 7.80. The molecular weight excluding hydrogens is 308 g/mol. The number of benzene rings is 1. The minimum atomic E-state index is -0.423. The van der Waals surface area contributed by atoms with Gasteiger partial charge in [-0.2, -0.15) is 5.10 Å². The lowest BCUT2D eigenvalue weighted by Gasteiger charge is -2.18. The highest BCUT2D eigenvalue weighted by Gasteiger charge is 2.18. The van der Waals surface area contributed by atoms with Gasteiger partial charge in [-0.1, -0.05) is 0 Å². The van der Waals surface area contributed by atoms with E-state index < -0.39 is 4.92 Å². The van der Waals surface area contributed by atoms with Crippen molar-refractivity contribution in [1.29, 1.82) is 0 Å². The van der Waals surface area contributed by atoms with Crippen LogP contribution in [0.25, 0.3) is 11.1 Å². The largest absolute Gasteiger partial charge is 0.485 e. The van der Waals surface area contributed by atoms with Crippen molar-refractivity contribution in [3.05, 3.63) is 40.7 Å². The third-order valence-corrected chi connectivity index (χ3v) is 3.56. The number of likely N-dealkylation sites (N-methyl/N-ethyl adjacent to an activating group) is 1. The van der Waals surface area contributed by atoms with Crippen LogP contribution < -0.4 is 4.74 Å². The van der Waals surface area contributed by atoms with E-state index in [4.69, 9.17) is 4.74 Å². The molecule has 2 aromatic rings. The third-order valence-electron chi connectivity index (χ3n) is 3.56. The first-order valence-electron chi connectivity index (χ1n) is 7.80. The Labute approximate surface area is 142 Å². The number of aromatic nitrogens is 2. The van der Waals surface area contributed by atoms with Crippen molar-refractivity contribution in [2.75, 3.05) is 27.2 Å². The Kier molecular flexibility index (Phi) is 5.23. The zero-order chi connectivity index (χ0) is 17.9. The first-order chi connectivity index (χ1) is 11.2. The molecule has 0 aliphatic rings. The average molecular weight is 332 g/mol. The third kappa shape index (κ3) is 4.32. The number of nitro benzene ring substituents is 1. The van der Waals surface area contributed by atoms with Crippen LogP contribution >= 0.6 is 0 Å². The molecule has 7 heteroatoms. The van der Waals surface area contributed by atoms with Crippen LogP contribution in [-0.4, -0.2) is 46.9 Å². The molecule has 0 aliphatic carbocycles. The van der Waals surface area contributed by atoms with Gasteiger partial charge < -0.3 is 9.64 Å². The van der Waals surface area contributed by atoms with Crippen LogP contribution in [0.2, 0.25) is 0 Å². The molecule has 1 heterocycles. The molecule has 130 valence electrons.